The maximum Gasteiger partial charge on any atom is 0.324 e. The van der Waals surface area contributed by atoms with E-state index in [2.05, 4.69) is 5.32 Å². The summed E-state index contributed by atoms with van der Waals surface area (Å²) in [5.74, 6) is -0.483. The second-order valence-corrected chi connectivity index (χ2v) is 4.83. The van der Waals surface area contributed by atoms with E-state index in [0.717, 1.165) is 5.56 Å². The number of amides is 3. The SMILES string of the molecule is CC(Cl)C(=O)NC(=O)N(C)Cc1ccsc1. The van der Waals surface area contributed by atoms with Gasteiger partial charge in [-0.15, -0.1) is 11.6 Å². The van der Waals surface area contributed by atoms with Gasteiger partial charge < -0.3 is 4.90 Å². The molecule has 0 aliphatic carbocycles. The predicted octanol–water partition coefficient (Wildman–Crippen LogP) is 2.04. The van der Waals surface area contributed by atoms with Gasteiger partial charge in [0, 0.05) is 13.6 Å². The monoisotopic (exact) mass is 260 g/mol. The second kappa shape index (κ2) is 5.86. The van der Waals surface area contributed by atoms with Crippen LogP contribution in [0.3, 0.4) is 0 Å². The molecule has 0 aromatic carbocycles. The van der Waals surface area contributed by atoms with Crippen LogP contribution in [0.2, 0.25) is 0 Å². The molecule has 1 unspecified atom stereocenters. The fourth-order valence-corrected chi connectivity index (χ4v) is 1.74. The summed E-state index contributed by atoms with van der Waals surface area (Å²) in [5.41, 5.74) is 1.04. The Kier molecular flexibility index (Phi) is 4.76. The van der Waals surface area contributed by atoms with Gasteiger partial charge in [0.2, 0.25) is 5.91 Å². The molecule has 1 aromatic heterocycles. The maximum absolute atomic E-state index is 11.5. The number of hydrogen-bond donors (Lipinski definition) is 1. The Balaban J connectivity index is 2.45. The van der Waals surface area contributed by atoms with Crippen LogP contribution < -0.4 is 5.32 Å². The molecule has 0 aliphatic heterocycles. The summed E-state index contributed by atoms with van der Waals surface area (Å²) in [6, 6.07) is 1.49. The number of urea groups is 1. The molecule has 0 spiro atoms. The zero-order valence-corrected chi connectivity index (χ0v) is 10.6. The van der Waals surface area contributed by atoms with Crippen LogP contribution in [0, 0.1) is 0 Å². The summed E-state index contributed by atoms with van der Waals surface area (Å²) in [7, 11) is 1.62. The molecule has 1 atom stereocenters. The maximum atomic E-state index is 11.5. The van der Waals surface area contributed by atoms with Crippen LogP contribution in [-0.2, 0) is 11.3 Å². The molecule has 1 heterocycles. The summed E-state index contributed by atoms with van der Waals surface area (Å²) in [5, 5.41) is 5.39. The Morgan fingerprint density at radius 2 is 2.31 bits per heavy atom. The number of alkyl halides is 1. The zero-order chi connectivity index (χ0) is 12.1. The highest BCUT2D eigenvalue weighted by molar-refractivity contribution is 7.07. The van der Waals surface area contributed by atoms with E-state index < -0.39 is 17.3 Å². The van der Waals surface area contributed by atoms with Gasteiger partial charge in [-0.25, -0.2) is 4.79 Å². The number of nitrogens with one attached hydrogen (secondary N) is 1. The van der Waals surface area contributed by atoms with E-state index in [0.29, 0.717) is 6.54 Å². The number of carbonyl (C=O) groups is 2. The summed E-state index contributed by atoms with van der Waals surface area (Å²) in [6.45, 7) is 1.99. The molecule has 0 saturated heterocycles. The van der Waals surface area contributed by atoms with Crippen LogP contribution in [0.15, 0.2) is 16.8 Å². The molecule has 1 aromatic rings. The smallest absolute Gasteiger partial charge is 0.323 e. The van der Waals surface area contributed by atoms with E-state index in [1.54, 1.807) is 18.4 Å². The van der Waals surface area contributed by atoms with Gasteiger partial charge in [0.05, 0.1) is 0 Å². The topological polar surface area (TPSA) is 49.4 Å². The fraction of sp³-hybridized carbons (Fsp3) is 0.400. The van der Waals surface area contributed by atoms with Crippen molar-refractivity contribution in [1.82, 2.24) is 10.2 Å². The molecule has 88 valence electrons. The first kappa shape index (κ1) is 13.0. The van der Waals surface area contributed by atoms with E-state index in [4.69, 9.17) is 11.6 Å². The molecule has 16 heavy (non-hydrogen) atoms. The van der Waals surface area contributed by atoms with E-state index in [-0.39, 0.29) is 0 Å². The lowest BCUT2D eigenvalue weighted by Crippen LogP contribution is -2.42. The van der Waals surface area contributed by atoms with Crippen LogP contribution in [0.25, 0.3) is 0 Å². The lowest BCUT2D eigenvalue weighted by atomic mass is 10.3. The van der Waals surface area contributed by atoms with Gasteiger partial charge in [0.15, 0.2) is 0 Å². The molecule has 1 N–H and O–H groups in total. The summed E-state index contributed by atoms with van der Waals surface area (Å²) < 4.78 is 0. The van der Waals surface area contributed by atoms with Crippen LogP contribution in [0.1, 0.15) is 12.5 Å². The van der Waals surface area contributed by atoms with Crippen LogP contribution in [-0.4, -0.2) is 29.3 Å². The van der Waals surface area contributed by atoms with Gasteiger partial charge in [-0.2, -0.15) is 11.3 Å². The van der Waals surface area contributed by atoms with Crippen molar-refractivity contribution in [2.24, 2.45) is 0 Å². The largest absolute Gasteiger partial charge is 0.324 e. The van der Waals surface area contributed by atoms with Crippen molar-refractivity contribution in [3.8, 4) is 0 Å². The van der Waals surface area contributed by atoms with Gasteiger partial charge in [-0.1, -0.05) is 0 Å². The summed E-state index contributed by atoms with van der Waals surface area (Å²) >= 11 is 7.10. The molecule has 4 nitrogen and oxygen atoms in total. The summed E-state index contributed by atoms with van der Waals surface area (Å²) in [4.78, 5) is 24.1. The molecule has 0 radical (unpaired) electrons. The first-order valence-corrected chi connectivity index (χ1v) is 6.09. The minimum Gasteiger partial charge on any atom is -0.323 e. The van der Waals surface area contributed by atoms with E-state index in [1.165, 1.54) is 11.8 Å². The Labute approximate surface area is 103 Å². The van der Waals surface area contributed by atoms with E-state index in [1.807, 2.05) is 16.8 Å². The molecule has 0 bridgehead atoms. The highest BCUT2D eigenvalue weighted by Crippen LogP contribution is 2.08. The van der Waals surface area contributed by atoms with Crippen LogP contribution in [0.5, 0.6) is 0 Å². The minimum atomic E-state index is -0.710. The van der Waals surface area contributed by atoms with Crippen molar-refractivity contribution in [3.63, 3.8) is 0 Å². The van der Waals surface area contributed by atoms with Gasteiger partial charge >= 0.3 is 6.03 Å². The predicted molar refractivity (Wildman–Crippen MR) is 64.6 cm³/mol. The van der Waals surface area contributed by atoms with Crippen LogP contribution >= 0.6 is 22.9 Å². The van der Waals surface area contributed by atoms with Crippen molar-refractivity contribution >= 4 is 34.9 Å². The molecule has 6 heteroatoms. The Morgan fingerprint density at radius 3 is 2.81 bits per heavy atom. The van der Waals surface area contributed by atoms with E-state index >= 15 is 0 Å². The van der Waals surface area contributed by atoms with Gasteiger partial charge in [0.25, 0.3) is 0 Å². The molecule has 0 saturated carbocycles. The Hall–Kier alpha value is -1.07. The molecular formula is C10H13ClN2O2S. The average molecular weight is 261 g/mol. The first-order valence-electron chi connectivity index (χ1n) is 4.72. The average Bonchev–Trinajstić information content (AvgIpc) is 2.69. The van der Waals surface area contributed by atoms with Gasteiger partial charge in [-0.3, -0.25) is 10.1 Å². The molecular weight excluding hydrogens is 248 g/mol. The Morgan fingerprint density at radius 1 is 1.62 bits per heavy atom. The zero-order valence-electron chi connectivity index (χ0n) is 9.07. The number of imide groups is 1. The highest BCUT2D eigenvalue weighted by Gasteiger charge is 2.16. The minimum absolute atomic E-state index is 0.441. The standard InChI is InChI=1S/C10H13ClN2O2S/c1-7(11)9(14)12-10(15)13(2)5-8-3-4-16-6-8/h3-4,6-7H,5H2,1-2H3,(H,12,14,15). The lowest BCUT2D eigenvalue weighted by Gasteiger charge is -2.16. The van der Waals surface area contributed by atoms with Crippen molar-refractivity contribution < 1.29 is 9.59 Å². The third kappa shape index (κ3) is 3.83. The second-order valence-electron chi connectivity index (χ2n) is 3.40. The normalized spacial score (nSPS) is 11.9. The molecule has 1 rings (SSSR count). The number of rotatable bonds is 3. The Bertz CT molecular complexity index is 365. The third-order valence-corrected chi connectivity index (χ3v) is 2.87. The number of thiophene rings is 1. The summed E-state index contributed by atoms with van der Waals surface area (Å²) in [6.07, 6.45) is 0. The molecule has 3 amide bonds. The fourth-order valence-electron chi connectivity index (χ4n) is 1.03. The first-order chi connectivity index (χ1) is 7.50. The van der Waals surface area contributed by atoms with Crippen molar-refractivity contribution in [2.75, 3.05) is 7.05 Å². The number of nitrogens with zero attached hydrogens (tertiary/aromatic N) is 1. The lowest BCUT2D eigenvalue weighted by molar-refractivity contribution is -0.119. The molecule has 0 fully saturated rings. The van der Waals surface area contributed by atoms with Crippen molar-refractivity contribution in [3.05, 3.63) is 22.4 Å². The van der Waals surface area contributed by atoms with Crippen molar-refractivity contribution in [2.45, 2.75) is 18.8 Å². The number of halogens is 1. The van der Waals surface area contributed by atoms with Crippen LogP contribution in [0.4, 0.5) is 4.79 Å². The van der Waals surface area contributed by atoms with E-state index in [9.17, 15) is 9.59 Å². The molecule has 0 aliphatic rings. The number of carbonyl (C=O) groups excluding carboxylic acids is 2. The van der Waals surface area contributed by atoms with Crippen molar-refractivity contribution in [1.29, 1.82) is 0 Å². The highest BCUT2D eigenvalue weighted by atomic mass is 35.5. The number of hydrogen-bond acceptors (Lipinski definition) is 3. The quantitative estimate of drug-likeness (QED) is 0.846. The van der Waals surface area contributed by atoms with Gasteiger partial charge in [-0.05, 0) is 29.3 Å². The van der Waals surface area contributed by atoms with Gasteiger partial charge in [0.1, 0.15) is 5.38 Å². The third-order valence-electron chi connectivity index (χ3n) is 1.94.